The standard InChI is InChI=1S/C15H11N3.C4H10S/c1-3-10-16-12(6-1)14-8-5-9-15(18-14)13-7-2-4-11-17-13;1-3-5-4-2/h1-11H;3-4H2,1-2H3. The molecule has 4 heteroatoms. The Morgan fingerprint density at radius 3 is 1.48 bits per heavy atom. The second-order valence-corrected chi connectivity index (χ2v) is 6.18. The molecule has 0 radical (unpaired) electrons. The van der Waals surface area contributed by atoms with E-state index >= 15 is 0 Å². The van der Waals surface area contributed by atoms with E-state index in [9.17, 15) is 0 Å². The van der Waals surface area contributed by atoms with Crippen molar-refractivity contribution in [2.75, 3.05) is 11.5 Å². The predicted octanol–water partition coefficient (Wildman–Crippen LogP) is 4.97. The van der Waals surface area contributed by atoms with Gasteiger partial charge in [0.05, 0.1) is 22.8 Å². The van der Waals surface area contributed by atoms with Crippen LogP contribution in [0.4, 0.5) is 0 Å². The highest BCUT2D eigenvalue weighted by Gasteiger charge is 2.03. The van der Waals surface area contributed by atoms with Crippen molar-refractivity contribution in [3.05, 3.63) is 67.0 Å². The van der Waals surface area contributed by atoms with E-state index in [1.807, 2.05) is 66.4 Å². The third-order valence-electron chi connectivity index (χ3n) is 3.01. The first kappa shape index (κ1) is 17.2. The molecule has 0 fully saturated rings. The summed E-state index contributed by atoms with van der Waals surface area (Å²) in [6, 6.07) is 17.5. The lowest BCUT2D eigenvalue weighted by Gasteiger charge is -2.03. The van der Waals surface area contributed by atoms with Gasteiger partial charge < -0.3 is 0 Å². The molecule has 0 bridgehead atoms. The molecule has 0 N–H and O–H groups in total. The fourth-order valence-corrected chi connectivity index (χ4v) is 2.36. The van der Waals surface area contributed by atoms with E-state index < -0.39 is 0 Å². The van der Waals surface area contributed by atoms with Crippen LogP contribution in [0.1, 0.15) is 13.8 Å². The Balaban J connectivity index is 0.000000338. The average Bonchev–Trinajstić information content (AvgIpc) is 2.65. The van der Waals surface area contributed by atoms with Crippen molar-refractivity contribution in [2.45, 2.75) is 13.8 Å². The third kappa shape index (κ3) is 5.49. The van der Waals surface area contributed by atoms with Crippen LogP contribution in [0.5, 0.6) is 0 Å². The average molecular weight is 323 g/mol. The van der Waals surface area contributed by atoms with Gasteiger partial charge in [0.2, 0.25) is 0 Å². The summed E-state index contributed by atoms with van der Waals surface area (Å²) in [5, 5.41) is 0. The van der Waals surface area contributed by atoms with Gasteiger partial charge in [-0.15, -0.1) is 0 Å². The third-order valence-corrected chi connectivity index (χ3v) is 3.83. The van der Waals surface area contributed by atoms with Crippen molar-refractivity contribution in [3.8, 4) is 22.8 Å². The molecule has 0 saturated heterocycles. The van der Waals surface area contributed by atoms with Gasteiger partial charge in [-0.25, -0.2) is 4.98 Å². The summed E-state index contributed by atoms with van der Waals surface area (Å²) in [5.74, 6) is 2.52. The quantitative estimate of drug-likeness (QED) is 0.680. The molecule has 0 aromatic carbocycles. The van der Waals surface area contributed by atoms with Crippen LogP contribution in [0.2, 0.25) is 0 Å². The Morgan fingerprint density at radius 2 is 1.13 bits per heavy atom. The van der Waals surface area contributed by atoms with Crippen LogP contribution in [0.25, 0.3) is 22.8 Å². The van der Waals surface area contributed by atoms with Crippen LogP contribution in [0.3, 0.4) is 0 Å². The molecule has 3 aromatic heterocycles. The van der Waals surface area contributed by atoms with E-state index in [1.165, 1.54) is 11.5 Å². The second kappa shape index (κ2) is 9.74. The number of aromatic nitrogens is 3. The summed E-state index contributed by atoms with van der Waals surface area (Å²) in [6.07, 6.45) is 3.54. The van der Waals surface area contributed by atoms with E-state index in [2.05, 4.69) is 28.8 Å². The van der Waals surface area contributed by atoms with Gasteiger partial charge in [0.25, 0.3) is 0 Å². The zero-order valence-electron chi connectivity index (χ0n) is 13.5. The zero-order chi connectivity index (χ0) is 16.3. The molecule has 0 atom stereocenters. The molecule has 0 amide bonds. The Kier molecular flexibility index (Phi) is 7.27. The van der Waals surface area contributed by atoms with Crippen molar-refractivity contribution in [1.82, 2.24) is 15.0 Å². The second-order valence-electron chi connectivity index (χ2n) is 4.62. The van der Waals surface area contributed by atoms with Gasteiger partial charge in [-0.1, -0.05) is 32.0 Å². The van der Waals surface area contributed by atoms with Crippen LogP contribution in [-0.4, -0.2) is 26.5 Å². The van der Waals surface area contributed by atoms with Gasteiger partial charge in [-0.2, -0.15) is 11.8 Å². The summed E-state index contributed by atoms with van der Waals surface area (Å²) < 4.78 is 0. The highest BCUT2D eigenvalue weighted by molar-refractivity contribution is 7.99. The minimum Gasteiger partial charge on any atom is -0.255 e. The molecule has 118 valence electrons. The molecular formula is C19H21N3S. The minimum absolute atomic E-state index is 0.860. The lowest BCUT2D eigenvalue weighted by molar-refractivity contribution is 1.22. The van der Waals surface area contributed by atoms with E-state index in [0.717, 1.165) is 22.8 Å². The molecule has 0 unspecified atom stereocenters. The van der Waals surface area contributed by atoms with Crippen molar-refractivity contribution in [3.63, 3.8) is 0 Å². The van der Waals surface area contributed by atoms with Gasteiger partial charge in [-0.05, 0) is 47.9 Å². The number of rotatable bonds is 4. The molecule has 3 rings (SSSR count). The first-order valence-corrected chi connectivity index (χ1v) is 8.88. The first-order chi connectivity index (χ1) is 11.3. The zero-order valence-corrected chi connectivity index (χ0v) is 14.3. The summed E-state index contributed by atoms with van der Waals surface area (Å²) in [6.45, 7) is 4.35. The Bertz CT molecular complexity index is 630. The molecule has 0 aliphatic heterocycles. The lowest BCUT2D eigenvalue weighted by atomic mass is 10.2. The van der Waals surface area contributed by atoms with E-state index in [-0.39, 0.29) is 0 Å². The highest BCUT2D eigenvalue weighted by Crippen LogP contribution is 2.19. The SMILES string of the molecule is CCSCC.c1ccc(-c2cccc(-c3ccccn3)n2)nc1. The van der Waals surface area contributed by atoms with Gasteiger partial charge in [-0.3, -0.25) is 9.97 Å². The van der Waals surface area contributed by atoms with Gasteiger partial charge >= 0.3 is 0 Å². The van der Waals surface area contributed by atoms with E-state index in [1.54, 1.807) is 12.4 Å². The highest BCUT2D eigenvalue weighted by atomic mass is 32.2. The fourth-order valence-electron chi connectivity index (χ4n) is 1.95. The number of nitrogens with zero attached hydrogens (tertiary/aromatic N) is 3. The van der Waals surface area contributed by atoms with Crippen molar-refractivity contribution in [2.24, 2.45) is 0 Å². The lowest BCUT2D eigenvalue weighted by Crippen LogP contribution is -1.90. The topological polar surface area (TPSA) is 38.7 Å². The maximum Gasteiger partial charge on any atom is 0.0894 e. The maximum absolute atomic E-state index is 4.59. The summed E-state index contributed by atoms with van der Waals surface area (Å²) in [7, 11) is 0. The molecule has 3 heterocycles. The van der Waals surface area contributed by atoms with Crippen molar-refractivity contribution in [1.29, 1.82) is 0 Å². The molecule has 3 aromatic rings. The Labute approximate surface area is 142 Å². The molecular weight excluding hydrogens is 302 g/mol. The number of hydrogen-bond acceptors (Lipinski definition) is 4. The number of hydrogen-bond donors (Lipinski definition) is 0. The number of pyridine rings is 3. The van der Waals surface area contributed by atoms with Crippen LogP contribution < -0.4 is 0 Å². The Hall–Kier alpha value is -2.20. The van der Waals surface area contributed by atoms with Crippen LogP contribution in [-0.2, 0) is 0 Å². The molecule has 23 heavy (non-hydrogen) atoms. The van der Waals surface area contributed by atoms with E-state index in [0.29, 0.717) is 0 Å². The molecule has 0 saturated carbocycles. The van der Waals surface area contributed by atoms with E-state index in [4.69, 9.17) is 0 Å². The normalized spacial score (nSPS) is 9.83. The molecule has 3 nitrogen and oxygen atoms in total. The van der Waals surface area contributed by atoms with Gasteiger partial charge in [0.15, 0.2) is 0 Å². The predicted molar refractivity (Wildman–Crippen MR) is 99.4 cm³/mol. The van der Waals surface area contributed by atoms with Crippen LogP contribution >= 0.6 is 11.8 Å². The molecule has 0 spiro atoms. The monoisotopic (exact) mass is 323 g/mol. The van der Waals surface area contributed by atoms with Crippen molar-refractivity contribution < 1.29 is 0 Å². The summed E-state index contributed by atoms with van der Waals surface area (Å²) in [5.41, 5.74) is 3.46. The van der Waals surface area contributed by atoms with Gasteiger partial charge in [0, 0.05) is 12.4 Å². The van der Waals surface area contributed by atoms with Crippen molar-refractivity contribution >= 4 is 11.8 Å². The van der Waals surface area contributed by atoms with Crippen LogP contribution in [0.15, 0.2) is 67.0 Å². The summed E-state index contributed by atoms with van der Waals surface area (Å²) in [4.78, 5) is 13.2. The smallest absolute Gasteiger partial charge is 0.0894 e. The minimum atomic E-state index is 0.860. The number of thioether (sulfide) groups is 1. The first-order valence-electron chi connectivity index (χ1n) is 7.72. The van der Waals surface area contributed by atoms with Crippen LogP contribution in [0, 0.1) is 0 Å². The van der Waals surface area contributed by atoms with Gasteiger partial charge in [0.1, 0.15) is 0 Å². The Morgan fingerprint density at radius 1 is 0.652 bits per heavy atom. The molecule has 0 aliphatic carbocycles. The molecule has 0 aliphatic rings. The largest absolute Gasteiger partial charge is 0.255 e. The fraction of sp³-hybridized carbons (Fsp3) is 0.211. The summed E-state index contributed by atoms with van der Waals surface area (Å²) >= 11 is 1.96. The maximum atomic E-state index is 4.59.